The van der Waals surface area contributed by atoms with Crippen LogP contribution in [0.3, 0.4) is 0 Å². The maximum absolute atomic E-state index is 13.4. The maximum Gasteiger partial charge on any atom is 0.434 e. The Labute approximate surface area is 133 Å². The Morgan fingerprint density at radius 3 is 2.65 bits per heavy atom. The number of hydrogen-bond donors (Lipinski definition) is 1. The van der Waals surface area contributed by atoms with Crippen LogP contribution in [0.2, 0.25) is 5.02 Å². The van der Waals surface area contributed by atoms with Gasteiger partial charge in [0.1, 0.15) is 0 Å². The lowest BCUT2D eigenvalue weighted by atomic mass is 10.1. The van der Waals surface area contributed by atoms with Gasteiger partial charge in [0.15, 0.2) is 11.5 Å². The third-order valence-corrected chi connectivity index (χ3v) is 3.65. The van der Waals surface area contributed by atoms with Crippen LogP contribution in [-0.2, 0) is 6.18 Å². The Balaban J connectivity index is 2.09. The molecule has 1 aliphatic rings. The molecule has 1 fully saturated rings. The molecule has 0 aromatic carbocycles. The van der Waals surface area contributed by atoms with Gasteiger partial charge in [-0.1, -0.05) is 11.6 Å². The van der Waals surface area contributed by atoms with E-state index < -0.39 is 29.4 Å². The number of alkyl halides is 3. The normalized spacial score (nSPS) is 15.6. The molecular formula is C13H10ClF3N4O2. The maximum atomic E-state index is 13.4. The Bertz CT molecular complexity index is 756. The topological polar surface area (TPSA) is 71.2 Å². The fourth-order valence-electron chi connectivity index (χ4n) is 2.26. The summed E-state index contributed by atoms with van der Waals surface area (Å²) < 4.78 is 40.8. The number of hydrogen-bond acceptors (Lipinski definition) is 4. The van der Waals surface area contributed by atoms with Crippen molar-refractivity contribution in [2.45, 2.75) is 12.3 Å². The number of carbonyl (C=O) groups is 1. The summed E-state index contributed by atoms with van der Waals surface area (Å²) in [6.45, 7) is -0.0166. The van der Waals surface area contributed by atoms with Gasteiger partial charge in [0.25, 0.3) is 5.91 Å². The van der Waals surface area contributed by atoms with Gasteiger partial charge in [-0.15, -0.1) is 0 Å². The second-order valence-corrected chi connectivity index (χ2v) is 5.40. The zero-order valence-corrected chi connectivity index (χ0v) is 12.2. The molecule has 3 heterocycles. The van der Waals surface area contributed by atoms with E-state index in [0.717, 1.165) is 11.1 Å². The molecule has 0 atom stereocenters. The van der Waals surface area contributed by atoms with E-state index in [2.05, 4.69) is 10.1 Å². The molecule has 0 spiro atoms. The van der Waals surface area contributed by atoms with Crippen molar-refractivity contribution in [3.63, 3.8) is 0 Å². The summed E-state index contributed by atoms with van der Waals surface area (Å²) in [6.07, 6.45) is -3.43. The first-order chi connectivity index (χ1) is 10.8. The Morgan fingerprint density at radius 2 is 2.09 bits per heavy atom. The van der Waals surface area contributed by atoms with Crippen LogP contribution in [0.25, 0.3) is 5.82 Å². The van der Waals surface area contributed by atoms with Gasteiger partial charge < -0.3 is 10.0 Å². The number of halogens is 4. The highest BCUT2D eigenvalue weighted by Crippen LogP contribution is 2.35. The van der Waals surface area contributed by atoms with E-state index in [1.807, 2.05) is 0 Å². The molecule has 1 N–H and O–H groups in total. The van der Waals surface area contributed by atoms with Crippen molar-refractivity contribution in [2.75, 3.05) is 13.1 Å². The van der Waals surface area contributed by atoms with Gasteiger partial charge in [0, 0.05) is 19.3 Å². The molecule has 0 saturated carbocycles. The standard InChI is InChI=1S/C13H10ClF3N4O2/c14-9-2-1-3-18-11(9)21-10(13(15,16)17)8(4-19-21)12(23)20-5-7(22)6-20/h1-4,7,22H,5-6H2. The number of nitrogens with zero attached hydrogens (tertiary/aromatic N) is 4. The average Bonchev–Trinajstić information content (AvgIpc) is 2.88. The highest BCUT2D eigenvalue weighted by molar-refractivity contribution is 6.32. The first kappa shape index (κ1) is 15.8. The van der Waals surface area contributed by atoms with Gasteiger partial charge in [0.05, 0.1) is 22.9 Å². The highest BCUT2D eigenvalue weighted by atomic mass is 35.5. The number of likely N-dealkylation sites (tertiary alicyclic amines) is 1. The summed E-state index contributed by atoms with van der Waals surface area (Å²) in [7, 11) is 0. The van der Waals surface area contributed by atoms with E-state index >= 15 is 0 Å². The van der Waals surface area contributed by atoms with Gasteiger partial charge in [0.2, 0.25) is 0 Å². The van der Waals surface area contributed by atoms with E-state index in [0.29, 0.717) is 4.68 Å². The minimum absolute atomic E-state index is 0.00828. The Kier molecular flexibility index (Phi) is 3.77. The van der Waals surface area contributed by atoms with Gasteiger partial charge in [-0.05, 0) is 12.1 Å². The monoisotopic (exact) mass is 346 g/mol. The van der Waals surface area contributed by atoms with Crippen LogP contribution < -0.4 is 0 Å². The number of carbonyl (C=O) groups excluding carboxylic acids is 1. The van der Waals surface area contributed by atoms with Crippen LogP contribution in [0.1, 0.15) is 16.1 Å². The fraction of sp³-hybridized carbons (Fsp3) is 0.308. The third kappa shape index (κ3) is 2.77. The van der Waals surface area contributed by atoms with Crippen molar-refractivity contribution in [3.8, 4) is 5.82 Å². The molecule has 10 heteroatoms. The minimum Gasteiger partial charge on any atom is -0.389 e. The zero-order chi connectivity index (χ0) is 16.8. The molecule has 3 rings (SSSR count). The highest BCUT2D eigenvalue weighted by Gasteiger charge is 2.43. The van der Waals surface area contributed by atoms with Crippen LogP contribution in [0.15, 0.2) is 24.5 Å². The second-order valence-electron chi connectivity index (χ2n) is 4.99. The predicted molar refractivity (Wildman–Crippen MR) is 73.3 cm³/mol. The van der Waals surface area contributed by atoms with Crippen LogP contribution in [0.4, 0.5) is 13.2 Å². The molecule has 0 aliphatic carbocycles. The average molecular weight is 347 g/mol. The largest absolute Gasteiger partial charge is 0.434 e. The molecular weight excluding hydrogens is 337 g/mol. The van der Waals surface area contributed by atoms with Crippen LogP contribution in [-0.4, -0.2) is 49.9 Å². The zero-order valence-electron chi connectivity index (χ0n) is 11.5. The molecule has 0 radical (unpaired) electrons. The summed E-state index contributed by atoms with van der Waals surface area (Å²) in [5, 5.41) is 12.8. The summed E-state index contributed by atoms with van der Waals surface area (Å²) in [6, 6.07) is 2.84. The molecule has 1 aliphatic heterocycles. The summed E-state index contributed by atoms with van der Waals surface area (Å²) in [5.74, 6) is -1.06. The van der Waals surface area contributed by atoms with Gasteiger partial charge in [-0.3, -0.25) is 4.79 Å². The van der Waals surface area contributed by atoms with Crippen molar-refractivity contribution >= 4 is 17.5 Å². The predicted octanol–water partition coefficient (Wildman–Crippen LogP) is 1.76. The third-order valence-electron chi connectivity index (χ3n) is 3.36. The van der Waals surface area contributed by atoms with Crippen molar-refractivity contribution in [1.29, 1.82) is 0 Å². The molecule has 23 heavy (non-hydrogen) atoms. The Hall–Kier alpha value is -2.13. The van der Waals surface area contributed by atoms with E-state index in [4.69, 9.17) is 11.6 Å². The molecule has 122 valence electrons. The summed E-state index contributed by atoms with van der Waals surface area (Å²) >= 11 is 5.87. The van der Waals surface area contributed by atoms with E-state index in [1.165, 1.54) is 18.3 Å². The lowest BCUT2D eigenvalue weighted by molar-refractivity contribution is -0.143. The van der Waals surface area contributed by atoms with E-state index in [-0.39, 0.29) is 23.9 Å². The second kappa shape index (κ2) is 5.50. The molecule has 1 saturated heterocycles. The number of aliphatic hydroxyl groups is 1. The van der Waals surface area contributed by atoms with Crippen molar-refractivity contribution in [2.24, 2.45) is 0 Å². The number of aromatic nitrogens is 3. The van der Waals surface area contributed by atoms with Gasteiger partial charge in [-0.25, -0.2) is 9.67 Å². The Morgan fingerprint density at radius 1 is 1.39 bits per heavy atom. The first-order valence-corrected chi connectivity index (χ1v) is 6.90. The summed E-state index contributed by atoms with van der Waals surface area (Å²) in [4.78, 5) is 17.1. The fourth-order valence-corrected chi connectivity index (χ4v) is 2.46. The van der Waals surface area contributed by atoms with Gasteiger partial charge in [-0.2, -0.15) is 18.3 Å². The molecule has 6 nitrogen and oxygen atoms in total. The molecule has 2 aromatic heterocycles. The SMILES string of the molecule is O=C(c1cnn(-c2ncccc2Cl)c1C(F)(F)F)N1CC(O)C1. The number of aliphatic hydroxyl groups excluding tert-OH is 1. The smallest absolute Gasteiger partial charge is 0.389 e. The summed E-state index contributed by atoms with van der Waals surface area (Å²) in [5.41, 5.74) is -1.85. The van der Waals surface area contributed by atoms with Gasteiger partial charge >= 0.3 is 6.18 Å². The van der Waals surface area contributed by atoms with Crippen molar-refractivity contribution < 1.29 is 23.1 Å². The molecule has 0 unspecified atom stereocenters. The molecule has 2 aromatic rings. The lowest BCUT2D eigenvalue weighted by Crippen LogP contribution is -2.53. The van der Waals surface area contributed by atoms with Crippen LogP contribution in [0, 0.1) is 0 Å². The number of pyridine rings is 1. The number of amides is 1. The van der Waals surface area contributed by atoms with Crippen molar-refractivity contribution in [1.82, 2.24) is 19.7 Å². The minimum atomic E-state index is -4.83. The van der Waals surface area contributed by atoms with Crippen LogP contribution >= 0.6 is 11.6 Å². The molecule has 0 bridgehead atoms. The van der Waals surface area contributed by atoms with E-state index in [1.54, 1.807) is 0 Å². The van der Waals surface area contributed by atoms with Crippen molar-refractivity contribution in [3.05, 3.63) is 40.8 Å². The number of β-amino-alcohol motifs (C(OH)–C–C–N with tert-alkyl or cyclic N) is 1. The number of rotatable bonds is 2. The quantitative estimate of drug-likeness (QED) is 0.899. The van der Waals surface area contributed by atoms with E-state index in [9.17, 15) is 23.1 Å². The lowest BCUT2D eigenvalue weighted by Gasteiger charge is -2.35. The van der Waals surface area contributed by atoms with Crippen LogP contribution in [0.5, 0.6) is 0 Å². The first-order valence-electron chi connectivity index (χ1n) is 6.52. The molecule has 1 amide bonds.